The molecule has 1 atom stereocenters. The van der Waals surface area contributed by atoms with Gasteiger partial charge >= 0.3 is 0 Å². The van der Waals surface area contributed by atoms with Gasteiger partial charge in [-0.2, -0.15) is 0 Å². The van der Waals surface area contributed by atoms with E-state index in [1.165, 1.54) is 16.5 Å². The molecule has 2 rings (SSSR count). The molecule has 2 heteroatoms. The van der Waals surface area contributed by atoms with Crippen LogP contribution < -0.4 is 0 Å². The molecule has 2 nitrogen and oxygen atoms in total. The number of hydrogen-bond donors (Lipinski definition) is 1. The third kappa shape index (κ3) is 1.65. The molecule has 15 heavy (non-hydrogen) atoms. The summed E-state index contributed by atoms with van der Waals surface area (Å²) in [5.74, 6) is 0.210. The van der Waals surface area contributed by atoms with Gasteiger partial charge in [-0.15, -0.1) is 0 Å². The van der Waals surface area contributed by atoms with Crippen LogP contribution in [-0.4, -0.2) is 16.3 Å². The SMILES string of the molecule is CCn1ccc2c(C(C)CO)cccc21. The second-order valence-electron chi connectivity index (χ2n) is 3.97. The number of nitrogens with zero attached hydrogens (tertiary/aromatic N) is 1. The molecule has 1 N–H and O–H groups in total. The predicted octanol–water partition coefficient (Wildman–Crippen LogP) is 2.76. The van der Waals surface area contributed by atoms with Crippen LogP contribution in [0.3, 0.4) is 0 Å². The number of aliphatic hydroxyl groups is 1. The Labute approximate surface area is 90.2 Å². The lowest BCUT2D eigenvalue weighted by atomic mass is 9.98. The van der Waals surface area contributed by atoms with Crippen LogP contribution in [0.15, 0.2) is 30.5 Å². The van der Waals surface area contributed by atoms with Gasteiger partial charge in [-0.3, -0.25) is 0 Å². The molecule has 1 aromatic carbocycles. The summed E-state index contributed by atoms with van der Waals surface area (Å²) in [4.78, 5) is 0. The van der Waals surface area contributed by atoms with Crippen LogP contribution in [0.1, 0.15) is 25.3 Å². The monoisotopic (exact) mass is 203 g/mol. The van der Waals surface area contributed by atoms with Crippen molar-refractivity contribution in [1.29, 1.82) is 0 Å². The standard InChI is InChI=1S/C13H17NO/c1-3-14-8-7-12-11(10(2)9-15)5-4-6-13(12)14/h4-8,10,15H,3,9H2,1-2H3. The maximum atomic E-state index is 9.20. The normalized spacial score (nSPS) is 13.3. The van der Waals surface area contributed by atoms with E-state index in [0.29, 0.717) is 0 Å². The summed E-state index contributed by atoms with van der Waals surface area (Å²) in [7, 11) is 0. The number of hydrogen-bond acceptors (Lipinski definition) is 1. The minimum absolute atomic E-state index is 0.205. The van der Waals surface area contributed by atoms with Crippen molar-refractivity contribution in [2.45, 2.75) is 26.3 Å². The fourth-order valence-electron chi connectivity index (χ4n) is 2.05. The Morgan fingerprint density at radius 2 is 2.13 bits per heavy atom. The molecule has 0 radical (unpaired) electrons. The summed E-state index contributed by atoms with van der Waals surface area (Å²) < 4.78 is 2.23. The topological polar surface area (TPSA) is 25.2 Å². The molecular weight excluding hydrogens is 186 g/mol. The van der Waals surface area contributed by atoms with E-state index >= 15 is 0 Å². The van der Waals surface area contributed by atoms with Crippen molar-refractivity contribution in [3.63, 3.8) is 0 Å². The summed E-state index contributed by atoms with van der Waals surface area (Å²) in [6.07, 6.45) is 2.11. The van der Waals surface area contributed by atoms with Crippen molar-refractivity contribution in [1.82, 2.24) is 4.57 Å². The highest BCUT2D eigenvalue weighted by Crippen LogP contribution is 2.26. The quantitative estimate of drug-likeness (QED) is 0.815. The first kappa shape index (κ1) is 10.2. The van der Waals surface area contributed by atoms with E-state index in [1.807, 2.05) is 0 Å². The molecule has 0 fully saturated rings. The number of aromatic nitrogens is 1. The summed E-state index contributed by atoms with van der Waals surface area (Å²) in [5, 5.41) is 10.5. The number of aryl methyl sites for hydroxylation is 1. The number of aliphatic hydroxyl groups excluding tert-OH is 1. The number of fused-ring (bicyclic) bond motifs is 1. The fraction of sp³-hybridized carbons (Fsp3) is 0.385. The zero-order valence-electron chi connectivity index (χ0n) is 9.27. The van der Waals surface area contributed by atoms with Crippen molar-refractivity contribution in [2.24, 2.45) is 0 Å². The van der Waals surface area contributed by atoms with E-state index < -0.39 is 0 Å². The van der Waals surface area contributed by atoms with Gasteiger partial charge in [0.1, 0.15) is 0 Å². The molecule has 1 heterocycles. The highest BCUT2D eigenvalue weighted by molar-refractivity contribution is 5.84. The first-order valence-electron chi connectivity index (χ1n) is 5.46. The van der Waals surface area contributed by atoms with Crippen LogP contribution in [0.2, 0.25) is 0 Å². The van der Waals surface area contributed by atoms with Gasteiger partial charge < -0.3 is 9.67 Å². The first-order valence-corrected chi connectivity index (χ1v) is 5.46. The van der Waals surface area contributed by atoms with Gasteiger partial charge in [0.15, 0.2) is 0 Å². The van der Waals surface area contributed by atoms with Crippen LogP contribution >= 0.6 is 0 Å². The zero-order valence-corrected chi connectivity index (χ0v) is 9.27. The van der Waals surface area contributed by atoms with Crippen molar-refractivity contribution in [2.75, 3.05) is 6.61 Å². The lowest BCUT2D eigenvalue weighted by Crippen LogP contribution is -1.99. The van der Waals surface area contributed by atoms with E-state index in [-0.39, 0.29) is 12.5 Å². The molecule has 0 spiro atoms. The van der Waals surface area contributed by atoms with E-state index in [4.69, 9.17) is 0 Å². The van der Waals surface area contributed by atoms with E-state index in [1.54, 1.807) is 0 Å². The van der Waals surface area contributed by atoms with Crippen LogP contribution in [0, 0.1) is 0 Å². The minimum atomic E-state index is 0.205. The molecule has 0 saturated carbocycles. The predicted molar refractivity (Wildman–Crippen MR) is 63.1 cm³/mol. The fourth-order valence-corrected chi connectivity index (χ4v) is 2.05. The summed E-state index contributed by atoms with van der Waals surface area (Å²) in [6, 6.07) is 8.44. The molecular formula is C13H17NO. The number of benzene rings is 1. The molecule has 0 bridgehead atoms. The average Bonchev–Trinajstić information content (AvgIpc) is 2.70. The molecule has 0 saturated heterocycles. The molecule has 0 aliphatic rings. The Kier molecular flexibility index (Phi) is 2.78. The Morgan fingerprint density at radius 1 is 1.33 bits per heavy atom. The van der Waals surface area contributed by atoms with Gasteiger partial charge in [0, 0.05) is 36.2 Å². The smallest absolute Gasteiger partial charge is 0.0497 e. The molecule has 0 aliphatic carbocycles. The van der Waals surface area contributed by atoms with Crippen LogP contribution in [0.5, 0.6) is 0 Å². The van der Waals surface area contributed by atoms with Gasteiger partial charge in [0.25, 0.3) is 0 Å². The molecule has 1 aromatic heterocycles. The maximum absolute atomic E-state index is 9.20. The lowest BCUT2D eigenvalue weighted by molar-refractivity contribution is 0.273. The van der Waals surface area contributed by atoms with Crippen molar-refractivity contribution < 1.29 is 5.11 Å². The lowest BCUT2D eigenvalue weighted by Gasteiger charge is -2.10. The van der Waals surface area contributed by atoms with Crippen LogP contribution in [-0.2, 0) is 6.54 Å². The highest BCUT2D eigenvalue weighted by atomic mass is 16.3. The van der Waals surface area contributed by atoms with Crippen molar-refractivity contribution >= 4 is 10.9 Å². The Bertz CT molecular complexity index is 459. The van der Waals surface area contributed by atoms with E-state index in [0.717, 1.165) is 6.54 Å². The van der Waals surface area contributed by atoms with Gasteiger partial charge in [0.2, 0.25) is 0 Å². The minimum Gasteiger partial charge on any atom is -0.396 e. The summed E-state index contributed by atoms with van der Waals surface area (Å²) >= 11 is 0. The molecule has 0 amide bonds. The summed E-state index contributed by atoms with van der Waals surface area (Å²) in [5.41, 5.74) is 2.50. The Balaban J connectivity index is 2.61. The third-order valence-corrected chi connectivity index (χ3v) is 2.99. The molecule has 80 valence electrons. The zero-order chi connectivity index (χ0) is 10.8. The second kappa shape index (κ2) is 4.07. The molecule has 2 aromatic rings. The first-order chi connectivity index (χ1) is 7.27. The highest BCUT2D eigenvalue weighted by Gasteiger charge is 2.09. The van der Waals surface area contributed by atoms with Gasteiger partial charge in [-0.1, -0.05) is 19.1 Å². The van der Waals surface area contributed by atoms with Crippen molar-refractivity contribution in [3.05, 3.63) is 36.0 Å². The van der Waals surface area contributed by atoms with Gasteiger partial charge in [0.05, 0.1) is 0 Å². The number of rotatable bonds is 3. The van der Waals surface area contributed by atoms with Crippen molar-refractivity contribution in [3.8, 4) is 0 Å². The Morgan fingerprint density at radius 3 is 2.80 bits per heavy atom. The van der Waals surface area contributed by atoms with Gasteiger partial charge in [-0.25, -0.2) is 0 Å². The second-order valence-corrected chi connectivity index (χ2v) is 3.97. The summed E-state index contributed by atoms with van der Waals surface area (Å²) in [6.45, 7) is 5.39. The molecule has 0 aliphatic heterocycles. The van der Waals surface area contributed by atoms with E-state index in [2.05, 4.69) is 48.9 Å². The largest absolute Gasteiger partial charge is 0.396 e. The van der Waals surface area contributed by atoms with Gasteiger partial charge in [-0.05, 0) is 24.6 Å². The van der Waals surface area contributed by atoms with E-state index in [9.17, 15) is 5.11 Å². The molecule has 1 unspecified atom stereocenters. The Hall–Kier alpha value is -1.28. The average molecular weight is 203 g/mol. The third-order valence-electron chi connectivity index (χ3n) is 2.99. The maximum Gasteiger partial charge on any atom is 0.0497 e. The van der Waals surface area contributed by atoms with Crippen LogP contribution in [0.4, 0.5) is 0 Å². The van der Waals surface area contributed by atoms with Crippen LogP contribution in [0.25, 0.3) is 10.9 Å².